The third-order valence-electron chi connectivity index (χ3n) is 5.54. The van der Waals surface area contributed by atoms with Gasteiger partial charge in [0.2, 0.25) is 0 Å². The maximum absolute atomic E-state index is 14.3. The summed E-state index contributed by atoms with van der Waals surface area (Å²) >= 11 is 0. The van der Waals surface area contributed by atoms with E-state index in [1.807, 2.05) is 31.3 Å². The molecule has 0 unspecified atom stereocenters. The Kier molecular flexibility index (Phi) is 7.03. The van der Waals surface area contributed by atoms with Crippen LogP contribution in [0.15, 0.2) is 36.4 Å². The molecule has 0 atom stereocenters. The molecule has 3 rings (SSSR count). The van der Waals surface area contributed by atoms with Gasteiger partial charge in [0.1, 0.15) is 11.5 Å². The van der Waals surface area contributed by atoms with E-state index in [9.17, 15) is 13.2 Å². The van der Waals surface area contributed by atoms with Crippen LogP contribution < -0.4 is 9.80 Å². The van der Waals surface area contributed by atoms with Crippen molar-refractivity contribution < 1.29 is 13.2 Å². The Hall–Kier alpha value is -2.25. The minimum Gasteiger partial charge on any atom is -0.372 e. The Morgan fingerprint density at radius 1 is 0.897 bits per heavy atom. The fourth-order valence-corrected chi connectivity index (χ4v) is 3.78. The molecule has 0 amide bonds. The maximum atomic E-state index is 14.3. The normalized spacial score (nSPS) is 15.9. The number of rotatable bonds is 6. The SMILES string of the molecule is CN1CCCN(CCN(C)c2ccccc2N(C)c2c(F)cc(F)cc2F)CC1. The van der Waals surface area contributed by atoms with E-state index in [0.717, 1.165) is 51.4 Å². The van der Waals surface area contributed by atoms with Gasteiger partial charge in [-0.1, -0.05) is 12.1 Å². The highest BCUT2D eigenvalue weighted by Gasteiger charge is 2.20. The van der Waals surface area contributed by atoms with Crippen molar-refractivity contribution in [3.63, 3.8) is 0 Å². The highest BCUT2D eigenvalue weighted by molar-refractivity contribution is 5.77. The van der Waals surface area contributed by atoms with Crippen LogP contribution in [-0.2, 0) is 0 Å². The second-order valence-corrected chi connectivity index (χ2v) is 7.69. The first-order chi connectivity index (χ1) is 13.9. The molecule has 0 saturated carbocycles. The van der Waals surface area contributed by atoms with Crippen molar-refractivity contribution in [1.29, 1.82) is 0 Å². The van der Waals surface area contributed by atoms with Gasteiger partial charge in [-0.3, -0.25) is 0 Å². The van der Waals surface area contributed by atoms with Gasteiger partial charge in [0.25, 0.3) is 0 Å². The van der Waals surface area contributed by atoms with Crippen LogP contribution in [0, 0.1) is 17.5 Å². The first kappa shape index (κ1) is 21.5. The number of anilines is 3. The maximum Gasteiger partial charge on any atom is 0.152 e. The van der Waals surface area contributed by atoms with Crippen LogP contribution in [0.3, 0.4) is 0 Å². The molecular weight excluding hydrogens is 377 g/mol. The highest BCUT2D eigenvalue weighted by atomic mass is 19.1. The van der Waals surface area contributed by atoms with E-state index in [1.165, 1.54) is 4.90 Å². The Morgan fingerprint density at radius 2 is 1.55 bits per heavy atom. The van der Waals surface area contributed by atoms with Gasteiger partial charge in [-0.25, -0.2) is 13.2 Å². The molecule has 1 heterocycles. The fraction of sp³-hybridized carbons (Fsp3) is 0.455. The van der Waals surface area contributed by atoms with Crippen molar-refractivity contribution in [2.75, 3.05) is 70.2 Å². The topological polar surface area (TPSA) is 13.0 Å². The summed E-state index contributed by atoms with van der Waals surface area (Å²) in [5.41, 5.74) is 1.27. The zero-order valence-corrected chi connectivity index (χ0v) is 17.3. The van der Waals surface area contributed by atoms with E-state index in [-0.39, 0.29) is 5.69 Å². The van der Waals surface area contributed by atoms with Crippen LogP contribution in [0.1, 0.15) is 6.42 Å². The van der Waals surface area contributed by atoms with Crippen LogP contribution in [-0.4, -0.2) is 70.2 Å². The molecule has 2 aromatic rings. The highest BCUT2D eigenvalue weighted by Crippen LogP contribution is 2.35. The summed E-state index contributed by atoms with van der Waals surface area (Å²) in [6.45, 7) is 6.01. The summed E-state index contributed by atoms with van der Waals surface area (Å²) in [5.74, 6) is -2.77. The largest absolute Gasteiger partial charge is 0.372 e. The lowest BCUT2D eigenvalue weighted by Crippen LogP contribution is -2.36. The molecule has 0 radical (unpaired) electrons. The molecule has 1 aliphatic heterocycles. The lowest BCUT2D eigenvalue weighted by molar-refractivity contribution is 0.282. The summed E-state index contributed by atoms with van der Waals surface area (Å²) in [5, 5.41) is 0. The van der Waals surface area contributed by atoms with Crippen molar-refractivity contribution in [3.05, 3.63) is 53.8 Å². The van der Waals surface area contributed by atoms with Crippen LogP contribution in [0.4, 0.5) is 30.2 Å². The summed E-state index contributed by atoms with van der Waals surface area (Å²) < 4.78 is 41.9. The first-order valence-electron chi connectivity index (χ1n) is 9.96. The Labute approximate surface area is 171 Å². The summed E-state index contributed by atoms with van der Waals surface area (Å²) in [6, 6.07) is 8.89. The molecule has 0 bridgehead atoms. The monoisotopic (exact) mass is 406 g/mol. The molecule has 4 nitrogen and oxygen atoms in total. The van der Waals surface area contributed by atoms with Gasteiger partial charge in [0.15, 0.2) is 11.6 Å². The Bertz CT molecular complexity index is 806. The van der Waals surface area contributed by atoms with E-state index in [4.69, 9.17) is 0 Å². The average Bonchev–Trinajstić information content (AvgIpc) is 2.89. The van der Waals surface area contributed by atoms with Gasteiger partial charge >= 0.3 is 0 Å². The van der Waals surface area contributed by atoms with Crippen molar-refractivity contribution in [3.8, 4) is 0 Å². The summed E-state index contributed by atoms with van der Waals surface area (Å²) in [4.78, 5) is 8.34. The van der Waals surface area contributed by atoms with Gasteiger partial charge < -0.3 is 19.6 Å². The van der Waals surface area contributed by atoms with Gasteiger partial charge in [-0.2, -0.15) is 0 Å². The lowest BCUT2D eigenvalue weighted by atomic mass is 10.2. The fourth-order valence-electron chi connectivity index (χ4n) is 3.78. The van der Waals surface area contributed by atoms with Crippen LogP contribution in [0.25, 0.3) is 0 Å². The van der Waals surface area contributed by atoms with Crippen molar-refractivity contribution >= 4 is 17.1 Å². The second kappa shape index (κ2) is 9.50. The first-order valence-corrected chi connectivity index (χ1v) is 9.96. The number of halogens is 3. The molecule has 0 spiro atoms. The smallest absolute Gasteiger partial charge is 0.152 e. The number of hydrogen-bond donors (Lipinski definition) is 0. The van der Waals surface area contributed by atoms with E-state index < -0.39 is 17.5 Å². The van der Waals surface area contributed by atoms with E-state index in [1.54, 1.807) is 7.05 Å². The van der Waals surface area contributed by atoms with Crippen molar-refractivity contribution in [2.24, 2.45) is 0 Å². The number of para-hydroxylation sites is 2. The number of likely N-dealkylation sites (N-methyl/N-ethyl adjacent to an activating group) is 2. The molecular formula is C22H29F3N4. The molecule has 7 heteroatoms. The predicted molar refractivity (Wildman–Crippen MR) is 113 cm³/mol. The molecule has 0 aliphatic carbocycles. The standard InChI is InChI=1S/C22H29F3N4/c1-26-9-6-10-29(13-11-26)14-12-27(2)20-7-4-5-8-21(20)28(3)22-18(24)15-17(23)16-19(22)25/h4-5,7-8,15-16H,6,9-14H2,1-3H3. The minimum absolute atomic E-state index is 0.261. The molecule has 0 aromatic heterocycles. The molecule has 0 N–H and O–H groups in total. The lowest BCUT2D eigenvalue weighted by Gasteiger charge is -2.30. The Morgan fingerprint density at radius 3 is 2.24 bits per heavy atom. The molecule has 2 aromatic carbocycles. The average molecular weight is 406 g/mol. The third-order valence-corrected chi connectivity index (χ3v) is 5.54. The molecule has 1 fully saturated rings. The van der Waals surface area contributed by atoms with Crippen LogP contribution >= 0.6 is 0 Å². The second-order valence-electron chi connectivity index (χ2n) is 7.69. The third kappa shape index (κ3) is 5.22. The summed E-state index contributed by atoms with van der Waals surface area (Å²) in [6.07, 6.45) is 1.16. The van der Waals surface area contributed by atoms with Crippen molar-refractivity contribution in [1.82, 2.24) is 9.80 Å². The zero-order valence-electron chi connectivity index (χ0n) is 17.3. The van der Waals surface area contributed by atoms with Crippen molar-refractivity contribution in [2.45, 2.75) is 6.42 Å². The van der Waals surface area contributed by atoms with Crippen LogP contribution in [0.2, 0.25) is 0 Å². The van der Waals surface area contributed by atoms with Gasteiger partial charge in [-0.05, 0) is 38.7 Å². The van der Waals surface area contributed by atoms with E-state index in [0.29, 0.717) is 17.8 Å². The van der Waals surface area contributed by atoms with E-state index in [2.05, 4.69) is 21.7 Å². The minimum atomic E-state index is -0.925. The molecule has 29 heavy (non-hydrogen) atoms. The quantitative estimate of drug-likeness (QED) is 0.720. The number of benzene rings is 2. The van der Waals surface area contributed by atoms with E-state index >= 15 is 0 Å². The van der Waals surface area contributed by atoms with Gasteiger partial charge in [-0.15, -0.1) is 0 Å². The predicted octanol–water partition coefficient (Wildman–Crippen LogP) is 3.95. The molecule has 158 valence electrons. The number of hydrogen-bond acceptors (Lipinski definition) is 4. The van der Waals surface area contributed by atoms with Gasteiger partial charge in [0.05, 0.1) is 11.4 Å². The zero-order chi connectivity index (χ0) is 21.0. The van der Waals surface area contributed by atoms with Gasteiger partial charge in [0, 0.05) is 52.4 Å². The molecule has 1 saturated heterocycles. The number of nitrogens with zero attached hydrogens (tertiary/aromatic N) is 4. The Balaban J connectivity index is 1.76. The molecule has 1 aliphatic rings. The van der Waals surface area contributed by atoms with Crippen LogP contribution in [0.5, 0.6) is 0 Å². The summed E-state index contributed by atoms with van der Waals surface area (Å²) in [7, 11) is 5.72.